The van der Waals surface area contributed by atoms with E-state index in [9.17, 15) is 9.59 Å². The van der Waals surface area contributed by atoms with Crippen LogP contribution in [0.25, 0.3) is 0 Å². The molecule has 7 nitrogen and oxygen atoms in total. The Morgan fingerprint density at radius 1 is 0.938 bits per heavy atom. The van der Waals surface area contributed by atoms with E-state index in [4.69, 9.17) is 14.3 Å². The number of nitrogens with one attached hydrogen (secondary N) is 1. The molecule has 1 saturated heterocycles. The number of amides is 1. The zero-order chi connectivity index (χ0) is 23.0. The summed E-state index contributed by atoms with van der Waals surface area (Å²) in [6.07, 6.45) is 0.590. The van der Waals surface area contributed by atoms with E-state index in [0.717, 1.165) is 11.1 Å². The fourth-order valence-corrected chi connectivity index (χ4v) is 3.48. The molecular weight excluding hydrogens is 408 g/mol. The average molecular weight is 441 g/mol. The smallest absolute Gasteiger partial charge is 0.411 e. The minimum absolute atomic E-state index is 0.121. The van der Waals surface area contributed by atoms with Crippen molar-refractivity contribution in [1.29, 1.82) is 0 Å². The fourth-order valence-electron chi connectivity index (χ4n) is 3.48. The van der Waals surface area contributed by atoms with Crippen molar-refractivity contribution >= 4 is 12.1 Å². The number of hydrogen-bond acceptors (Lipinski definition) is 6. The minimum Gasteiger partial charge on any atom is -0.459 e. The number of ether oxygens (including phenoxy) is 2. The van der Waals surface area contributed by atoms with Crippen LogP contribution in [0.1, 0.15) is 44.7 Å². The number of carbonyl (C=O) groups excluding carboxylic acids is 2. The van der Waals surface area contributed by atoms with Gasteiger partial charge in [0.15, 0.2) is 0 Å². The van der Waals surface area contributed by atoms with Crippen LogP contribution in [0.3, 0.4) is 0 Å². The molecule has 0 bridgehead atoms. The highest BCUT2D eigenvalue weighted by Crippen LogP contribution is 2.22. The van der Waals surface area contributed by atoms with Crippen LogP contribution in [0.5, 0.6) is 0 Å². The third-order valence-electron chi connectivity index (χ3n) is 5.04. The van der Waals surface area contributed by atoms with Crippen LogP contribution in [0.2, 0.25) is 0 Å². The number of hydrogen-bond donors (Lipinski definition) is 1. The number of piperidine rings is 1. The lowest BCUT2D eigenvalue weighted by Gasteiger charge is -2.38. The molecule has 2 aromatic rings. The van der Waals surface area contributed by atoms with E-state index >= 15 is 0 Å². The summed E-state index contributed by atoms with van der Waals surface area (Å²) < 4.78 is 11.1. The van der Waals surface area contributed by atoms with Crippen molar-refractivity contribution in [3.63, 3.8) is 0 Å². The molecule has 172 valence electrons. The Labute approximate surface area is 189 Å². The number of rotatable bonds is 7. The molecule has 0 radical (unpaired) electrons. The maximum atomic E-state index is 12.9. The standard InChI is InChI=1S/C25H32N2O5/c1-25(2,3)32-24(29)27-16-21(26-31-18-20-12-8-5-9-13-20)14-15-22(27)23(28)30-17-19-10-6-4-7-11-19/h4-13,21-22,26H,14-18H2,1-3H3/t21-,22+/m1/s1. The zero-order valence-corrected chi connectivity index (χ0v) is 19.0. The lowest BCUT2D eigenvalue weighted by Crippen LogP contribution is -2.56. The van der Waals surface area contributed by atoms with Gasteiger partial charge in [-0.3, -0.25) is 9.74 Å². The van der Waals surface area contributed by atoms with Crippen molar-refractivity contribution in [2.45, 2.75) is 64.5 Å². The van der Waals surface area contributed by atoms with Gasteiger partial charge in [0.2, 0.25) is 0 Å². The topological polar surface area (TPSA) is 77.1 Å². The van der Waals surface area contributed by atoms with Crippen molar-refractivity contribution in [3.05, 3.63) is 71.8 Å². The molecule has 1 aliphatic heterocycles. The third kappa shape index (κ3) is 7.35. The molecule has 0 saturated carbocycles. The molecule has 1 heterocycles. The van der Waals surface area contributed by atoms with Gasteiger partial charge in [-0.15, -0.1) is 0 Å². The normalized spacial score (nSPS) is 18.8. The van der Waals surface area contributed by atoms with E-state index in [-0.39, 0.29) is 19.2 Å². The Balaban J connectivity index is 1.60. The van der Waals surface area contributed by atoms with Gasteiger partial charge < -0.3 is 9.47 Å². The molecule has 0 unspecified atom stereocenters. The van der Waals surface area contributed by atoms with E-state index < -0.39 is 23.7 Å². The van der Waals surface area contributed by atoms with E-state index in [0.29, 0.717) is 19.4 Å². The van der Waals surface area contributed by atoms with Gasteiger partial charge in [0.25, 0.3) is 0 Å². The Morgan fingerprint density at radius 3 is 2.12 bits per heavy atom. The van der Waals surface area contributed by atoms with Gasteiger partial charge in [-0.25, -0.2) is 9.59 Å². The number of carbonyl (C=O) groups is 2. The van der Waals surface area contributed by atoms with Gasteiger partial charge in [0.1, 0.15) is 18.2 Å². The van der Waals surface area contributed by atoms with Crippen LogP contribution in [0.15, 0.2) is 60.7 Å². The Morgan fingerprint density at radius 2 is 1.53 bits per heavy atom. The van der Waals surface area contributed by atoms with Gasteiger partial charge in [-0.1, -0.05) is 60.7 Å². The maximum Gasteiger partial charge on any atom is 0.411 e. The summed E-state index contributed by atoms with van der Waals surface area (Å²) >= 11 is 0. The summed E-state index contributed by atoms with van der Waals surface area (Å²) in [5.74, 6) is -0.427. The van der Waals surface area contributed by atoms with Crippen LogP contribution in [-0.2, 0) is 32.3 Å². The number of hydroxylamine groups is 1. The van der Waals surface area contributed by atoms with Crippen molar-refractivity contribution in [2.24, 2.45) is 0 Å². The molecule has 3 rings (SSSR count). The molecule has 2 aromatic carbocycles. The monoisotopic (exact) mass is 440 g/mol. The molecule has 1 fully saturated rings. The van der Waals surface area contributed by atoms with E-state index in [1.165, 1.54) is 4.90 Å². The number of nitrogens with zero attached hydrogens (tertiary/aromatic N) is 1. The largest absolute Gasteiger partial charge is 0.459 e. The first-order valence-corrected chi connectivity index (χ1v) is 10.9. The Hall–Kier alpha value is -2.90. The average Bonchev–Trinajstić information content (AvgIpc) is 2.78. The highest BCUT2D eigenvalue weighted by atomic mass is 16.6. The SMILES string of the molecule is CC(C)(C)OC(=O)N1C[C@H](NOCc2ccccc2)CC[C@H]1C(=O)OCc1ccccc1. The molecule has 0 aliphatic carbocycles. The summed E-state index contributed by atoms with van der Waals surface area (Å²) in [4.78, 5) is 32.8. The second kappa shape index (κ2) is 11.1. The van der Waals surface area contributed by atoms with Crippen molar-refractivity contribution in [3.8, 4) is 0 Å². The van der Waals surface area contributed by atoms with Crippen LogP contribution >= 0.6 is 0 Å². The summed E-state index contributed by atoms with van der Waals surface area (Å²) in [7, 11) is 0. The molecule has 7 heteroatoms. The predicted molar refractivity (Wildman–Crippen MR) is 120 cm³/mol. The first-order valence-electron chi connectivity index (χ1n) is 10.9. The second-order valence-corrected chi connectivity index (χ2v) is 8.91. The van der Waals surface area contributed by atoms with Crippen LogP contribution in [0.4, 0.5) is 4.79 Å². The summed E-state index contributed by atoms with van der Waals surface area (Å²) in [5, 5.41) is 0. The number of likely N-dealkylation sites (tertiary alicyclic amines) is 1. The van der Waals surface area contributed by atoms with Gasteiger partial charge in [0.05, 0.1) is 12.6 Å². The predicted octanol–water partition coefficient (Wildman–Crippen LogP) is 4.22. The molecule has 32 heavy (non-hydrogen) atoms. The molecule has 0 aromatic heterocycles. The van der Waals surface area contributed by atoms with Crippen LogP contribution in [0, 0.1) is 0 Å². The minimum atomic E-state index is -0.694. The second-order valence-electron chi connectivity index (χ2n) is 8.91. The van der Waals surface area contributed by atoms with Crippen LogP contribution in [-0.4, -0.2) is 41.2 Å². The lowest BCUT2D eigenvalue weighted by molar-refractivity contribution is -0.153. The molecule has 0 spiro atoms. The van der Waals surface area contributed by atoms with E-state index in [1.807, 2.05) is 60.7 Å². The Kier molecular flexibility index (Phi) is 8.25. The van der Waals surface area contributed by atoms with Crippen molar-refractivity contribution < 1.29 is 23.9 Å². The molecule has 2 atom stereocenters. The van der Waals surface area contributed by atoms with E-state index in [1.54, 1.807) is 20.8 Å². The first kappa shape index (κ1) is 23.8. The zero-order valence-electron chi connectivity index (χ0n) is 19.0. The summed E-state index contributed by atoms with van der Waals surface area (Å²) in [6.45, 7) is 6.27. The summed E-state index contributed by atoms with van der Waals surface area (Å²) in [5.41, 5.74) is 4.31. The quantitative estimate of drug-likeness (QED) is 0.513. The fraction of sp³-hybridized carbons (Fsp3) is 0.440. The molecule has 1 amide bonds. The summed E-state index contributed by atoms with van der Waals surface area (Å²) in [6, 6.07) is 18.5. The van der Waals surface area contributed by atoms with Crippen molar-refractivity contribution in [2.75, 3.05) is 6.54 Å². The molecule has 1 N–H and O–H groups in total. The van der Waals surface area contributed by atoms with Gasteiger partial charge in [-0.2, -0.15) is 5.48 Å². The first-order chi connectivity index (χ1) is 15.3. The number of benzene rings is 2. The molecule has 1 aliphatic rings. The third-order valence-corrected chi connectivity index (χ3v) is 5.04. The Bertz CT molecular complexity index is 867. The highest BCUT2D eigenvalue weighted by molar-refractivity contribution is 5.82. The molecular formula is C25H32N2O5. The number of esters is 1. The van der Waals surface area contributed by atoms with E-state index in [2.05, 4.69) is 5.48 Å². The van der Waals surface area contributed by atoms with Crippen molar-refractivity contribution in [1.82, 2.24) is 10.4 Å². The maximum absolute atomic E-state index is 12.9. The lowest BCUT2D eigenvalue weighted by atomic mass is 9.99. The van der Waals surface area contributed by atoms with Crippen LogP contribution < -0.4 is 5.48 Å². The van der Waals surface area contributed by atoms with Gasteiger partial charge >= 0.3 is 12.1 Å². The highest BCUT2D eigenvalue weighted by Gasteiger charge is 2.39. The van der Waals surface area contributed by atoms with Gasteiger partial charge in [-0.05, 0) is 44.7 Å². The van der Waals surface area contributed by atoms with Gasteiger partial charge in [0, 0.05) is 6.54 Å².